The first-order chi connectivity index (χ1) is 27.1. The van der Waals surface area contributed by atoms with Crippen LogP contribution >= 0.6 is 0 Å². The minimum atomic E-state index is -1.01. The number of hydrogen-bond donors (Lipinski definition) is 4. The molecule has 2 aliphatic rings. The maximum atomic E-state index is 13.9. The molecule has 0 aliphatic carbocycles. The lowest BCUT2D eigenvalue weighted by atomic mass is 10.0. The Labute approximate surface area is 325 Å². The first kappa shape index (κ1) is 37.9. The highest BCUT2D eigenvalue weighted by molar-refractivity contribution is 6.01. The van der Waals surface area contributed by atoms with Crippen LogP contribution < -0.4 is 16.0 Å². The molecule has 2 fully saturated rings. The summed E-state index contributed by atoms with van der Waals surface area (Å²) in [6.07, 6.45) is 1.76. The van der Waals surface area contributed by atoms with Gasteiger partial charge in [0.25, 0.3) is 5.91 Å². The van der Waals surface area contributed by atoms with Crippen molar-refractivity contribution in [2.75, 3.05) is 23.7 Å². The summed E-state index contributed by atoms with van der Waals surface area (Å²) in [5.41, 5.74) is 5.40. The van der Waals surface area contributed by atoms with E-state index in [9.17, 15) is 24.0 Å². The van der Waals surface area contributed by atoms with Crippen LogP contribution in [0.15, 0.2) is 109 Å². The molecule has 0 radical (unpaired) electrons. The molecule has 0 unspecified atom stereocenters. The number of carbonyl (C=O) groups excluding carboxylic acids is 5. The van der Waals surface area contributed by atoms with E-state index in [-0.39, 0.29) is 36.2 Å². The van der Waals surface area contributed by atoms with E-state index in [4.69, 9.17) is 4.74 Å². The molecule has 3 atom stereocenters. The number of nitrogens with zero attached hydrogens (tertiary/aromatic N) is 2. The van der Waals surface area contributed by atoms with Gasteiger partial charge in [0.2, 0.25) is 17.7 Å². The van der Waals surface area contributed by atoms with E-state index in [1.54, 1.807) is 43.0 Å². The van der Waals surface area contributed by atoms with Gasteiger partial charge in [0.15, 0.2) is 0 Å². The van der Waals surface area contributed by atoms with E-state index in [1.165, 1.54) is 4.90 Å². The molecule has 4 N–H and O–H groups in total. The lowest BCUT2D eigenvalue weighted by molar-refractivity contribution is -0.138. The molecule has 5 aromatic rings. The number of carbonyl (C=O) groups is 5. The Morgan fingerprint density at radius 2 is 1.34 bits per heavy atom. The van der Waals surface area contributed by atoms with Gasteiger partial charge < -0.3 is 35.5 Å². The number of hydrogen-bond acceptors (Lipinski definition) is 6. The fourth-order valence-electron chi connectivity index (χ4n) is 7.53. The van der Waals surface area contributed by atoms with Gasteiger partial charge in [-0.3, -0.25) is 19.2 Å². The predicted molar refractivity (Wildman–Crippen MR) is 215 cm³/mol. The standard InChI is InChI=1S/C44H46N6O6/c1-28(2)56-44(55)48-40(31-13-7-4-8-14-31)43(54)50-24-10-16-38(50)42(53)46-34-21-22-35-32(26-34)27-36(47-35)30-17-19-33(20-18-30)45-41(52)37-15-9-23-49(37)39(51)25-29-11-5-3-6-12-29/h3-8,11-14,17-22,26-28,37-38,40,47H,9-10,15-16,23-25H2,1-2H3,(H,45,52)(H,46,53)(H,48,55)/t37-,38-,40+/m0/s1. The number of aromatic amines is 1. The smallest absolute Gasteiger partial charge is 0.408 e. The minimum absolute atomic E-state index is 0.0478. The highest BCUT2D eigenvalue weighted by Gasteiger charge is 2.39. The van der Waals surface area contributed by atoms with E-state index in [1.807, 2.05) is 84.9 Å². The summed E-state index contributed by atoms with van der Waals surface area (Å²) in [4.78, 5) is 73.1. The Morgan fingerprint density at radius 3 is 2.02 bits per heavy atom. The maximum absolute atomic E-state index is 13.9. The second-order valence-corrected chi connectivity index (χ2v) is 14.6. The van der Waals surface area contributed by atoms with Crippen LogP contribution in [0.25, 0.3) is 22.2 Å². The average molecular weight is 755 g/mol. The molecule has 0 bridgehead atoms. The molecule has 288 valence electrons. The van der Waals surface area contributed by atoms with Gasteiger partial charge in [0.1, 0.15) is 18.1 Å². The van der Waals surface area contributed by atoms with Crippen molar-refractivity contribution in [3.8, 4) is 11.3 Å². The number of anilines is 2. The van der Waals surface area contributed by atoms with Crippen LogP contribution in [-0.2, 0) is 30.3 Å². The van der Waals surface area contributed by atoms with Crippen LogP contribution in [0, 0.1) is 0 Å². The summed E-state index contributed by atoms with van der Waals surface area (Å²) in [5, 5.41) is 9.58. The number of rotatable bonds is 11. The zero-order valence-corrected chi connectivity index (χ0v) is 31.5. The van der Waals surface area contributed by atoms with Crippen LogP contribution in [0.4, 0.5) is 16.2 Å². The molecule has 7 rings (SSSR count). The van der Waals surface area contributed by atoms with Crippen LogP contribution in [0.3, 0.4) is 0 Å². The Kier molecular flexibility index (Phi) is 11.4. The lowest BCUT2D eigenvalue weighted by Gasteiger charge is -2.29. The van der Waals surface area contributed by atoms with Gasteiger partial charge in [0.05, 0.1) is 12.5 Å². The molecular weight excluding hydrogens is 709 g/mol. The second-order valence-electron chi connectivity index (χ2n) is 14.6. The van der Waals surface area contributed by atoms with Gasteiger partial charge in [-0.2, -0.15) is 0 Å². The van der Waals surface area contributed by atoms with Gasteiger partial charge in [-0.05, 0) is 92.6 Å². The summed E-state index contributed by atoms with van der Waals surface area (Å²) >= 11 is 0. The Balaban J connectivity index is 0.982. The van der Waals surface area contributed by atoms with Crippen molar-refractivity contribution >= 4 is 52.0 Å². The quantitative estimate of drug-likeness (QED) is 0.116. The molecule has 56 heavy (non-hydrogen) atoms. The topological polar surface area (TPSA) is 153 Å². The van der Waals surface area contributed by atoms with Crippen LogP contribution in [-0.4, -0.2) is 75.8 Å². The normalized spacial score (nSPS) is 17.1. The largest absolute Gasteiger partial charge is 0.447 e. The van der Waals surface area contributed by atoms with Gasteiger partial charge in [-0.1, -0.05) is 72.8 Å². The zero-order valence-electron chi connectivity index (χ0n) is 31.5. The van der Waals surface area contributed by atoms with Gasteiger partial charge in [-0.25, -0.2) is 4.79 Å². The summed E-state index contributed by atoms with van der Waals surface area (Å²) in [5.74, 6) is -0.920. The van der Waals surface area contributed by atoms with Crippen molar-refractivity contribution in [3.05, 3.63) is 120 Å². The number of amides is 5. The molecule has 5 amide bonds. The summed E-state index contributed by atoms with van der Waals surface area (Å²) in [7, 11) is 0. The monoisotopic (exact) mass is 754 g/mol. The third-order valence-electron chi connectivity index (χ3n) is 10.2. The SMILES string of the molecule is CC(C)OC(=O)N[C@@H](C(=O)N1CCC[C@H]1C(=O)Nc1ccc2[nH]c(-c3ccc(NC(=O)[C@@H]4CCCN4C(=O)Cc4ccccc4)cc3)cc2c1)c1ccccc1. The van der Waals surface area contributed by atoms with E-state index in [0.717, 1.165) is 34.1 Å². The first-order valence-corrected chi connectivity index (χ1v) is 19.1. The van der Waals surface area contributed by atoms with Crippen molar-refractivity contribution in [1.29, 1.82) is 0 Å². The minimum Gasteiger partial charge on any atom is -0.447 e. The van der Waals surface area contributed by atoms with Crippen LogP contribution in [0.5, 0.6) is 0 Å². The van der Waals surface area contributed by atoms with Crippen molar-refractivity contribution in [3.63, 3.8) is 0 Å². The molecule has 2 aliphatic heterocycles. The van der Waals surface area contributed by atoms with Gasteiger partial charge in [-0.15, -0.1) is 0 Å². The van der Waals surface area contributed by atoms with Crippen molar-refractivity contribution in [2.45, 2.75) is 70.2 Å². The van der Waals surface area contributed by atoms with E-state index < -0.39 is 24.2 Å². The number of nitrogens with one attached hydrogen (secondary N) is 4. The third-order valence-corrected chi connectivity index (χ3v) is 10.2. The Bertz CT molecular complexity index is 2200. The fraction of sp³-hybridized carbons (Fsp3) is 0.295. The number of alkyl carbamates (subject to hydrolysis) is 1. The predicted octanol–water partition coefficient (Wildman–Crippen LogP) is 6.81. The molecule has 12 nitrogen and oxygen atoms in total. The van der Waals surface area contributed by atoms with E-state index >= 15 is 0 Å². The van der Waals surface area contributed by atoms with Gasteiger partial charge >= 0.3 is 6.09 Å². The Hall–Kier alpha value is -6.43. The molecule has 3 heterocycles. The molecular formula is C44H46N6O6. The highest BCUT2D eigenvalue weighted by atomic mass is 16.6. The fourth-order valence-corrected chi connectivity index (χ4v) is 7.53. The summed E-state index contributed by atoms with van der Waals surface area (Å²) in [6, 6.07) is 31.4. The molecule has 0 saturated carbocycles. The third kappa shape index (κ3) is 8.75. The molecule has 2 saturated heterocycles. The number of fused-ring (bicyclic) bond motifs is 1. The maximum Gasteiger partial charge on any atom is 0.408 e. The highest BCUT2D eigenvalue weighted by Crippen LogP contribution is 2.30. The summed E-state index contributed by atoms with van der Waals surface area (Å²) < 4.78 is 5.27. The Morgan fingerprint density at radius 1 is 0.732 bits per heavy atom. The van der Waals surface area contributed by atoms with Crippen LogP contribution in [0.2, 0.25) is 0 Å². The van der Waals surface area contributed by atoms with Crippen molar-refractivity contribution in [1.82, 2.24) is 20.1 Å². The van der Waals surface area contributed by atoms with E-state index in [2.05, 4.69) is 20.9 Å². The van der Waals surface area contributed by atoms with E-state index in [0.29, 0.717) is 49.3 Å². The number of aromatic nitrogens is 1. The molecule has 0 spiro atoms. The number of likely N-dealkylation sites (tertiary alicyclic amines) is 2. The molecule has 1 aromatic heterocycles. The second kappa shape index (κ2) is 16.9. The summed E-state index contributed by atoms with van der Waals surface area (Å²) in [6.45, 7) is 4.42. The average Bonchev–Trinajstić information content (AvgIpc) is 3.98. The molecule has 12 heteroatoms. The lowest BCUT2D eigenvalue weighted by Crippen LogP contribution is -2.48. The zero-order chi connectivity index (χ0) is 39.2. The molecule has 4 aromatic carbocycles. The number of benzene rings is 4. The van der Waals surface area contributed by atoms with Crippen molar-refractivity contribution in [2.24, 2.45) is 0 Å². The van der Waals surface area contributed by atoms with Crippen LogP contribution in [0.1, 0.15) is 56.7 Å². The number of ether oxygens (including phenoxy) is 1. The van der Waals surface area contributed by atoms with Crippen molar-refractivity contribution < 1.29 is 28.7 Å². The first-order valence-electron chi connectivity index (χ1n) is 19.1. The number of H-pyrrole nitrogens is 1. The van der Waals surface area contributed by atoms with Gasteiger partial charge in [0, 0.05) is 41.1 Å².